The molecule has 2 heterocycles. The molecule has 0 saturated heterocycles. The number of pyridine rings is 1. The van der Waals surface area contributed by atoms with Crippen molar-refractivity contribution in [3.63, 3.8) is 0 Å². The smallest absolute Gasteiger partial charge is 0.259 e. The molecule has 0 amide bonds. The van der Waals surface area contributed by atoms with Gasteiger partial charge in [-0.15, -0.1) is 0 Å². The Bertz CT molecular complexity index is 773. The minimum absolute atomic E-state index is 0.409. The summed E-state index contributed by atoms with van der Waals surface area (Å²) >= 11 is 0. The summed E-state index contributed by atoms with van der Waals surface area (Å²) in [6, 6.07) is 7.04. The molecule has 0 fully saturated rings. The minimum atomic E-state index is -4.31. The highest BCUT2D eigenvalue weighted by Crippen LogP contribution is 2.29. The second-order valence-electron chi connectivity index (χ2n) is 4.88. The molecule has 1 aromatic carbocycles. The lowest BCUT2D eigenvalue weighted by Gasteiger charge is -2.08. The van der Waals surface area contributed by atoms with Gasteiger partial charge in [0, 0.05) is 11.1 Å². The van der Waals surface area contributed by atoms with Gasteiger partial charge in [0.25, 0.3) is 0 Å². The molecular formula is C15H12F3N3. The number of hydrogen-bond acceptors (Lipinski definition) is 2. The van der Waals surface area contributed by atoms with E-state index in [0.29, 0.717) is 6.54 Å². The Morgan fingerprint density at radius 2 is 1.81 bits per heavy atom. The number of alkyl halides is 3. The van der Waals surface area contributed by atoms with E-state index in [2.05, 4.69) is 10.1 Å². The predicted molar refractivity (Wildman–Crippen MR) is 72.8 cm³/mol. The van der Waals surface area contributed by atoms with E-state index in [9.17, 15) is 13.2 Å². The van der Waals surface area contributed by atoms with E-state index in [1.807, 2.05) is 13.0 Å². The second kappa shape index (κ2) is 4.87. The quantitative estimate of drug-likeness (QED) is 0.719. The highest BCUT2D eigenvalue weighted by molar-refractivity contribution is 5.77. The van der Waals surface area contributed by atoms with E-state index in [1.165, 1.54) is 12.1 Å². The number of rotatable bonds is 2. The summed E-state index contributed by atoms with van der Waals surface area (Å²) in [6.45, 7) is 2.30. The van der Waals surface area contributed by atoms with Crippen molar-refractivity contribution >= 4 is 10.9 Å². The van der Waals surface area contributed by atoms with Crippen LogP contribution in [0, 0.1) is 6.92 Å². The van der Waals surface area contributed by atoms with E-state index < -0.39 is 11.7 Å². The Labute approximate surface area is 119 Å². The Morgan fingerprint density at radius 1 is 1.10 bits per heavy atom. The fourth-order valence-electron chi connectivity index (χ4n) is 2.18. The largest absolute Gasteiger partial charge is 0.416 e. The first kappa shape index (κ1) is 13.6. The average molecular weight is 291 g/mol. The summed E-state index contributed by atoms with van der Waals surface area (Å²) in [5.41, 5.74) is 1.87. The molecule has 0 unspecified atom stereocenters. The van der Waals surface area contributed by atoms with Gasteiger partial charge in [0.05, 0.1) is 30.0 Å². The van der Waals surface area contributed by atoms with Gasteiger partial charge in [-0.1, -0.05) is 12.1 Å². The van der Waals surface area contributed by atoms with Crippen LogP contribution in [0.5, 0.6) is 0 Å². The number of halogens is 3. The number of aromatic nitrogens is 3. The van der Waals surface area contributed by atoms with Crippen molar-refractivity contribution in [2.24, 2.45) is 0 Å². The van der Waals surface area contributed by atoms with Crippen LogP contribution in [-0.4, -0.2) is 14.8 Å². The molecule has 0 saturated carbocycles. The third kappa shape index (κ3) is 2.74. The zero-order valence-corrected chi connectivity index (χ0v) is 11.2. The maximum Gasteiger partial charge on any atom is 0.416 e. The fraction of sp³-hybridized carbons (Fsp3) is 0.200. The van der Waals surface area contributed by atoms with Crippen LogP contribution in [0.3, 0.4) is 0 Å². The molecule has 2 aromatic heterocycles. The summed E-state index contributed by atoms with van der Waals surface area (Å²) in [7, 11) is 0. The first-order valence-electron chi connectivity index (χ1n) is 6.38. The van der Waals surface area contributed by atoms with E-state index in [-0.39, 0.29) is 0 Å². The molecule has 0 N–H and O–H groups in total. The minimum Gasteiger partial charge on any atom is -0.259 e. The highest BCUT2D eigenvalue weighted by Gasteiger charge is 2.29. The molecule has 108 valence electrons. The zero-order chi connectivity index (χ0) is 15.0. The summed E-state index contributed by atoms with van der Waals surface area (Å²) in [5, 5.41) is 5.22. The SMILES string of the molecule is Cc1cc2cnn(Cc3ccc(C(F)(F)F)cc3)c2cn1. The molecule has 21 heavy (non-hydrogen) atoms. The first-order valence-corrected chi connectivity index (χ1v) is 6.38. The van der Waals surface area contributed by atoms with Crippen LogP contribution in [0.15, 0.2) is 42.7 Å². The lowest BCUT2D eigenvalue weighted by molar-refractivity contribution is -0.137. The molecule has 6 heteroatoms. The van der Waals surface area contributed by atoms with Crippen LogP contribution in [0.25, 0.3) is 10.9 Å². The average Bonchev–Trinajstić information content (AvgIpc) is 2.80. The highest BCUT2D eigenvalue weighted by atomic mass is 19.4. The van der Waals surface area contributed by atoms with Crippen LogP contribution in [-0.2, 0) is 12.7 Å². The number of nitrogens with zero attached hydrogens (tertiary/aromatic N) is 3. The van der Waals surface area contributed by atoms with E-state index in [0.717, 1.165) is 34.3 Å². The van der Waals surface area contributed by atoms with Crippen molar-refractivity contribution in [3.05, 3.63) is 59.5 Å². The van der Waals surface area contributed by atoms with Gasteiger partial charge in [0.1, 0.15) is 0 Å². The lowest BCUT2D eigenvalue weighted by atomic mass is 10.1. The van der Waals surface area contributed by atoms with Gasteiger partial charge in [-0.3, -0.25) is 9.67 Å². The van der Waals surface area contributed by atoms with E-state index in [1.54, 1.807) is 17.1 Å². The third-order valence-electron chi connectivity index (χ3n) is 3.28. The standard InChI is InChI=1S/C15H12F3N3/c1-10-6-12-7-20-21(14(12)8-19-10)9-11-2-4-13(5-3-11)15(16,17)18/h2-8H,9H2,1H3. The molecule has 3 rings (SSSR count). The number of fused-ring (bicyclic) bond motifs is 1. The molecule has 0 spiro atoms. The van der Waals surface area contributed by atoms with Crippen LogP contribution in [0.2, 0.25) is 0 Å². The molecule has 0 bridgehead atoms. The number of benzene rings is 1. The van der Waals surface area contributed by atoms with Gasteiger partial charge in [-0.05, 0) is 30.7 Å². The van der Waals surface area contributed by atoms with Crippen LogP contribution < -0.4 is 0 Å². The predicted octanol–water partition coefficient (Wildman–Crippen LogP) is 3.81. The summed E-state index contributed by atoms with van der Waals surface area (Å²) in [4.78, 5) is 4.22. The topological polar surface area (TPSA) is 30.7 Å². The van der Waals surface area contributed by atoms with Crippen LogP contribution >= 0.6 is 0 Å². The Hall–Kier alpha value is -2.37. The van der Waals surface area contributed by atoms with Crippen molar-refractivity contribution in [2.75, 3.05) is 0 Å². The lowest BCUT2D eigenvalue weighted by Crippen LogP contribution is -2.06. The number of aryl methyl sites for hydroxylation is 1. The van der Waals surface area contributed by atoms with Gasteiger partial charge in [-0.25, -0.2) is 0 Å². The molecular weight excluding hydrogens is 279 g/mol. The third-order valence-corrected chi connectivity index (χ3v) is 3.28. The Morgan fingerprint density at radius 3 is 2.48 bits per heavy atom. The van der Waals surface area contributed by atoms with Crippen molar-refractivity contribution < 1.29 is 13.2 Å². The maximum atomic E-state index is 12.5. The Balaban J connectivity index is 1.88. The monoisotopic (exact) mass is 291 g/mol. The van der Waals surface area contributed by atoms with Gasteiger partial charge in [-0.2, -0.15) is 18.3 Å². The van der Waals surface area contributed by atoms with Gasteiger partial charge in [0.15, 0.2) is 0 Å². The van der Waals surface area contributed by atoms with E-state index in [4.69, 9.17) is 0 Å². The fourth-order valence-corrected chi connectivity index (χ4v) is 2.18. The van der Waals surface area contributed by atoms with Crippen molar-refractivity contribution in [3.8, 4) is 0 Å². The maximum absolute atomic E-state index is 12.5. The summed E-state index contributed by atoms with van der Waals surface area (Å²) < 4.78 is 39.3. The molecule has 0 radical (unpaired) electrons. The molecule has 0 aliphatic carbocycles. The molecule has 0 atom stereocenters. The van der Waals surface area contributed by atoms with Crippen molar-refractivity contribution in [1.29, 1.82) is 0 Å². The Kier molecular flexibility index (Phi) is 3.16. The van der Waals surface area contributed by atoms with Crippen molar-refractivity contribution in [2.45, 2.75) is 19.6 Å². The molecule has 0 aliphatic heterocycles. The van der Waals surface area contributed by atoms with Gasteiger partial charge < -0.3 is 0 Å². The molecule has 3 nitrogen and oxygen atoms in total. The normalized spacial score (nSPS) is 12.0. The van der Waals surface area contributed by atoms with Crippen LogP contribution in [0.1, 0.15) is 16.8 Å². The van der Waals surface area contributed by atoms with Gasteiger partial charge >= 0.3 is 6.18 Å². The van der Waals surface area contributed by atoms with Crippen LogP contribution in [0.4, 0.5) is 13.2 Å². The number of hydrogen-bond donors (Lipinski definition) is 0. The van der Waals surface area contributed by atoms with Crippen molar-refractivity contribution in [1.82, 2.24) is 14.8 Å². The van der Waals surface area contributed by atoms with E-state index >= 15 is 0 Å². The summed E-state index contributed by atoms with van der Waals surface area (Å²) in [5.74, 6) is 0. The van der Waals surface area contributed by atoms with Gasteiger partial charge in [0.2, 0.25) is 0 Å². The first-order chi connectivity index (χ1) is 9.93. The molecule has 0 aliphatic rings. The molecule has 3 aromatic rings. The summed E-state index contributed by atoms with van der Waals surface area (Å²) in [6.07, 6.45) is -0.853. The zero-order valence-electron chi connectivity index (χ0n) is 11.2. The second-order valence-corrected chi connectivity index (χ2v) is 4.88.